The minimum Gasteiger partial charge on any atom is -0.389 e. The summed E-state index contributed by atoms with van der Waals surface area (Å²) in [5.74, 6) is -0.389. The molecule has 0 aliphatic rings. The highest BCUT2D eigenvalue weighted by atomic mass is 35.5. The minimum absolute atomic E-state index is 0.0538. The van der Waals surface area contributed by atoms with Gasteiger partial charge in [0.15, 0.2) is 0 Å². The molecule has 0 aliphatic heterocycles. The summed E-state index contributed by atoms with van der Waals surface area (Å²) in [5.41, 5.74) is 3.40. The molecule has 0 saturated carbocycles. The maximum atomic E-state index is 12.3. The zero-order valence-electron chi connectivity index (χ0n) is 15.6. The molecule has 1 atom stereocenters. The first-order valence-electron chi connectivity index (χ1n) is 9.01. The van der Waals surface area contributed by atoms with E-state index >= 15 is 0 Å². The van der Waals surface area contributed by atoms with E-state index in [1.807, 2.05) is 49.4 Å². The van der Waals surface area contributed by atoms with Gasteiger partial charge in [-0.3, -0.25) is 4.79 Å². The van der Waals surface area contributed by atoms with Crippen molar-refractivity contribution < 1.29 is 4.79 Å². The summed E-state index contributed by atoms with van der Waals surface area (Å²) in [6.45, 7) is 4.61. The molecular formula is C22H24ClN3O. The lowest BCUT2D eigenvalue weighted by atomic mass is 10.0. The van der Waals surface area contributed by atoms with Gasteiger partial charge < -0.3 is 10.6 Å². The number of hydrogen-bond donors (Lipinski definition) is 2. The molecule has 0 bridgehead atoms. The second kappa shape index (κ2) is 10.4. The number of hydrogen-bond acceptors (Lipinski definition) is 3. The monoisotopic (exact) mass is 381 g/mol. The highest BCUT2D eigenvalue weighted by Gasteiger charge is 2.13. The molecule has 2 aromatic rings. The first-order chi connectivity index (χ1) is 13.0. The molecule has 0 spiro atoms. The average molecular weight is 382 g/mol. The van der Waals surface area contributed by atoms with E-state index in [-0.39, 0.29) is 17.5 Å². The van der Waals surface area contributed by atoms with Crippen LogP contribution in [-0.4, -0.2) is 12.5 Å². The van der Waals surface area contributed by atoms with Crippen LogP contribution in [-0.2, 0) is 17.6 Å². The van der Waals surface area contributed by atoms with E-state index in [2.05, 4.69) is 29.7 Å². The number of halogens is 1. The summed E-state index contributed by atoms with van der Waals surface area (Å²) in [7, 11) is 0. The number of rotatable bonds is 8. The smallest absolute Gasteiger partial charge is 0.263 e. The Hall–Kier alpha value is -2.77. The van der Waals surface area contributed by atoms with Crippen LogP contribution in [0.2, 0.25) is 5.02 Å². The first kappa shape index (κ1) is 20.5. The van der Waals surface area contributed by atoms with Gasteiger partial charge in [-0.15, -0.1) is 0 Å². The molecule has 2 aromatic carbocycles. The Kier molecular flexibility index (Phi) is 7.91. The summed E-state index contributed by atoms with van der Waals surface area (Å²) in [6, 6.07) is 17.5. The molecule has 1 amide bonds. The molecule has 0 aromatic heterocycles. The van der Waals surface area contributed by atoms with Crippen LogP contribution in [0.3, 0.4) is 0 Å². The Bertz CT molecular complexity index is 837. The van der Waals surface area contributed by atoms with Crippen molar-refractivity contribution in [3.63, 3.8) is 0 Å². The van der Waals surface area contributed by atoms with Crippen molar-refractivity contribution in [2.45, 2.75) is 32.7 Å². The standard InChI is InChI=1S/C22H24ClN3O/c1-3-17-7-9-19(10-8-17)16(2)26-22(27)20(14-24)15-25-12-11-18-5-4-6-21(23)13-18/h4-10,13,15-16,25H,3,11-12H2,1-2H3,(H,26,27)/b20-15-. The highest BCUT2D eigenvalue weighted by molar-refractivity contribution is 6.30. The molecule has 0 heterocycles. The van der Waals surface area contributed by atoms with E-state index in [0.717, 1.165) is 24.0 Å². The Balaban J connectivity index is 1.88. The molecule has 2 rings (SSSR count). The lowest BCUT2D eigenvalue weighted by molar-refractivity contribution is -0.117. The van der Waals surface area contributed by atoms with Gasteiger partial charge in [-0.1, -0.05) is 54.9 Å². The molecule has 5 heteroatoms. The van der Waals surface area contributed by atoms with Crippen molar-refractivity contribution in [3.8, 4) is 6.07 Å². The van der Waals surface area contributed by atoms with Gasteiger partial charge in [-0.2, -0.15) is 5.26 Å². The van der Waals surface area contributed by atoms with Crippen LogP contribution in [0.4, 0.5) is 0 Å². The normalized spacial score (nSPS) is 12.1. The van der Waals surface area contributed by atoms with Gasteiger partial charge in [0.25, 0.3) is 5.91 Å². The lowest BCUT2D eigenvalue weighted by Gasteiger charge is -2.14. The van der Waals surface area contributed by atoms with E-state index in [0.29, 0.717) is 11.6 Å². The molecule has 4 nitrogen and oxygen atoms in total. The molecule has 0 saturated heterocycles. The van der Waals surface area contributed by atoms with E-state index in [1.54, 1.807) is 0 Å². The molecule has 0 fully saturated rings. The van der Waals surface area contributed by atoms with Crippen molar-refractivity contribution >= 4 is 17.5 Å². The van der Waals surface area contributed by atoms with Gasteiger partial charge in [0.2, 0.25) is 0 Å². The number of aryl methyl sites for hydroxylation is 1. The van der Waals surface area contributed by atoms with Gasteiger partial charge in [0, 0.05) is 17.8 Å². The number of carbonyl (C=O) groups is 1. The number of benzene rings is 2. The highest BCUT2D eigenvalue weighted by Crippen LogP contribution is 2.14. The maximum Gasteiger partial charge on any atom is 0.263 e. The number of nitrogens with zero attached hydrogens (tertiary/aromatic N) is 1. The Morgan fingerprint density at radius 1 is 1.22 bits per heavy atom. The molecule has 0 radical (unpaired) electrons. The van der Waals surface area contributed by atoms with Gasteiger partial charge in [0.05, 0.1) is 6.04 Å². The molecule has 0 aliphatic carbocycles. The van der Waals surface area contributed by atoms with Crippen LogP contribution in [0.5, 0.6) is 0 Å². The predicted octanol–water partition coefficient (Wildman–Crippen LogP) is 4.32. The van der Waals surface area contributed by atoms with Gasteiger partial charge >= 0.3 is 0 Å². The van der Waals surface area contributed by atoms with Gasteiger partial charge in [-0.25, -0.2) is 0 Å². The summed E-state index contributed by atoms with van der Waals surface area (Å²) in [6.07, 6.45) is 3.19. The quantitative estimate of drug-likeness (QED) is 0.406. The van der Waals surface area contributed by atoms with Crippen LogP contribution < -0.4 is 10.6 Å². The van der Waals surface area contributed by atoms with Gasteiger partial charge in [0.1, 0.15) is 11.6 Å². The summed E-state index contributed by atoms with van der Waals surface area (Å²) < 4.78 is 0. The number of nitriles is 1. The second-order valence-corrected chi connectivity index (χ2v) is 6.73. The molecule has 140 valence electrons. The zero-order valence-corrected chi connectivity index (χ0v) is 16.4. The number of carbonyl (C=O) groups excluding carboxylic acids is 1. The van der Waals surface area contributed by atoms with E-state index in [9.17, 15) is 10.1 Å². The molecule has 1 unspecified atom stereocenters. The number of nitrogens with one attached hydrogen (secondary N) is 2. The van der Waals surface area contributed by atoms with Crippen LogP contribution in [0.1, 0.15) is 36.6 Å². The second-order valence-electron chi connectivity index (χ2n) is 6.29. The fourth-order valence-electron chi connectivity index (χ4n) is 2.63. The lowest BCUT2D eigenvalue weighted by Crippen LogP contribution is -2.28. The third-order valence-electron chi connectivity index (χ3n) is 4.29. The van der Waals surface area contributed by atoms with Gasteiger partial charge in [-0.05, 0) is 48.6 Å². The van der Waals surface area contributed by atoms with Crippen LogP contribution in [0.15, 0.2) is 60.3 Å². The number of amides is 1. The average Bonchev–Trinajstić information content (AvgIpc) is 2.68. The van der Waals surface area contributed by atoms with Crippen LogP contribution in [0, 0.1) is 11.3 Å². The molecule has 27 heavy (non-hydrogen) atoms. The third-order valence-corrected chi connectivity index (χ3v) is 4.53. The fraction of sp³-hybridized carbons (Fsp3) is 0.273. The Morgan fingerprint density at radius 2 is 1.96 bits per heavy atom. The Morgan fingerprint density at radius 3 is 2.59 bits per heavy atom. The van der Waals surface area contributed by atoms with E-state index in [4.69, 9.17) is 11.6 Å². The van der Waals surface area contributed by atoms with E-state index in [1.165, 1.54) is 11.8 Å². The summed E-state index contributed by atoms with van der Waals surface area (Å²) in [5, 5.41) is 15.8. The van der Waals surface area contributed by atoms with Crippen molar-refractivity contribution in [2.75, 3.05) is 6.54 Å². The SMILES string of the molecule is CCc1ccc(C(C)NC(=O)/C(C#N)=C\NCCc2cccc(Cl)c2)cc1. The van der Waals surface area contributed by atoms with Crippen molar-refractivity contribution in [1.29, 1.82) is 5.26 Å². The van der Waals surface area contributed by atoms with Crippen molar-refractivity contribution in [1.82, 2.24) is 10.6 Å². The van der Waals surface area contributed by atoms with Crippen molar-refractivity contribution in [2.24, 2.45) is 0 Å². The fourth-order valence-corrected chi connectivity index (χ4v) is 2.84. The maximum absolute atomic E-state index is 12.3. The molecule has 2 N–H and O–H groups in total. The largest absolute Gasteiger partial charge is 0.389 e. The molecular weight excluding hydrogens is 358 g/mol. The first-order valence-corrected chi connectivity index (χ1v) is 9.39. The zero-order chi connectivity index (χ0) is 19.6. The topological polar surface area (TPSA) is 64.9 Å². The minimum atomic E-state index is -0.389. The van der Waals surface area contributed by atoms with Crippen molar-refractivity contribution in [3.05, 3.63) is 82.0 Å². The van der Waals surface area contributed by atoms with Crippen LogP contribution >= 0.6 is 11.6 Å². The Labute approximate surface area is 165 Å². The summed E-state index contributed by atoms with van der Waals surface area (Å²) in [4.78, 5) is 12.3. The van der Waals surface area contributed by atoms with Crippen LogP contribution in [0.25, 0.3) is 0 Å². The predicted molar refractivity (Wildman–Crippen MR) is 109 cm³/mol. The van der Waals surface area contributed by atoms with E-state index < -0.39 is 0 Å². The third kappa shape index (κ3) is 6.47. The summed E-state index contributed by atoms with van der Waals surface area (Å²) >= 11 is 5.96.